The van der Waals surface area contributed by atoms with E-state index in [0.717, 1.165) is 0 Å². The van der Waals surface area contributed by atoms with Crippen molar-refractivity contribution in [2.45, 2.75) is 32.9 Å². The number of carbonyl (C=O) groups excluding carboxylic acids is 2. The van der Waals surface area contributed by atoms with E-state index in [-0.39, 0.29) is 36.2 Å². The van der Waals surface area contributed by atoms with E-state index >= 15 is 0 Å². The molecular formula is C26H31NO7. The summed E-state index contributed by atoms with van der Waals surface area (Å²) in [7, 11) is 2.91. The van der Waals surface area contributed by atoms with Gasteiger partial charge in [-0.1, -0.05) is 18.2 Å². The van der Waals surface area contributed by atoms with Gasteiger partial charge in [0.25, 0.3) is 11.7 Å². The number of rotatable bonds is 10. The summed E-state index contributed by atoms with van der Waals surface area (Å²) in [5.74, 6) is -0.555. The topological polar surface area (TPSA) is 94.5 Å². The molecule has 0 aromatic heterocycles. The van der Waals surface area contributed by atoms with Gasteiger partial charge in [0.2, 0.25) is 0 Å². The zero-order valence-electron chi connectivity index (χ0n) is 20.2. The van der Waals surface area contributed by atoms with Gasteiger partial charge >= 0.3 is 0 Å². The van der Waals surface area contributed by atoms with Crippen LogP contribution in [0.2, 0.25) is 0 Å². The van der Waals surface area contributed by atoms with Crippen molar-refractivity contribution in [1.82, 2.24) is 4.90 Å². The second-order valence-electron chi connectivity index (χ2n) is 7.95. The zero-order chi connectivity index (χ0) is 24.8. The highest BCUT2D eigenvalue weighted by atomic mass is 16.5. The minimum atomic E-state index is -0.818. The number of likely N-dealkylation sites (tertiary alicyclic amines) is 1. The summed E-state index contributed by atoms with van der Waals surface area (Å²) >= 11 is 0. The molecular weight excluding hydrogens is 438 g/mol. The molecule has 3 rings (SSSR count). The summed E-state index contributed by atoms with van der Waals surface area (Å²) in [5.41, 5.74) is 0.823. The standard InChI is InChI=1S/C26H31NO7/c1-6-33-18-12-10-17(11-13-18)23-22(25(29)26(30)27(23)14-15-34-16(2)3)24(28)21-19(31-4)8-7-9-20(21)32-5/h7-13,16,23,28H,6,14-15H2,1-5H3/b24-22+. The second kappa shape index (κ2) is 11.1. The molecule has 8 heteroatoms. The van der Waals surface area contributed by atoms with Gasteiger partial charge < -0.3 is 29.0 Å². The zero-order valence-corrected chi connectivity index (χ0v) is 20.2. The van der Waals surface area contributed by atoms with Crippen molar-refractivity contribution in [3.63, 3.8) is 0 Å². The van der Waals surface area contributed by atoms with Crippen LogP contribution in [0, 0.1) is 0 Å². The number of hydrogen-bond acceptors (Lipinski definition) is 7. The minimum Gasteiger partial charge on any atom is -0.506 e. The van der Waals surface area contributed by atoms with Crippen molar-refractivity contribution >= 4 is 17.4 Å². The molecule has 1 N–H and O–H groups in total. The lowest BCUT2D eigenvalue weighted by Gasteiger charge is -2.26. The molecule has 1 heterocycles. The van der Waals surface area contributed by atoms with Crippen LogP contribution in [0.5, 0.6) is 17.2 Å². The summed E-state index contributed by atoms with van der Waals surface area (Å²) in [6, 6.07) is 11.3. The lowest BCUT2D eigenvalue weighted by atomic mass is 9.94. The lowest BCUT2D eigenvalue weighted by Crippen LogP contribution is -2.33. The van der Waals surface area contributed by atoms with Crippen molar-refractivity contribution in [2.24, 2.45) is 0 Å². The molecule has 1 amide bonds. The first-order valence-corrected chi connectivity index (χ1v) is 11.2. The minimum absolute atomic E-state index is 0.0291. The van der Waals surface area contributed by atoms with Crippen LogP contribution in [0.25, 0.3) is 5.76 Å². The molecule has 2 aromatic rings. The maximum absolute atomic E-state index is 13.2. The van der Waals surface area contributed by atoms with Gasteiger partial charge in [0.15, 0.2) is 0 Å². The average Bonchev–Trinajstić information content (AvgIpc) is 3.08. The molecule has 1 fully saturated rings. The molecule has 2 aromatic carbocycles. The van der Waals surface area contributed by atoms with Crippen LogP contribution in [0.3, 0.4) is 0 Å². The van der Waals surface area contributed by atoms with Gasteiger partial charge in [-0.2, -0.15) is 0 Å². The number of methoxy groups -OCH3 is 2. The van der Waals surface area contributed by atoms with E-state index in [9.17, 15) is 14.7 Å². The Morgan fingerprint density at radius 2 is 1.65 bits per heavy atom. The first kappa shape index (κ1) is 25.1. The maximum Gasteiger partial charge on any atom is 0.295 e. The van der Waals surface area contributed by atoms with E-state index < -0.39 is 17.7 Å². The van der Waals surface area contributed by atoms with Crippen LogP contribution in [-0.2, 0) is 14.3 Å². The summed E-state index contributed by atoms with van der Waals surface area (Å²) in [6.07, 6.45) is -0.0291. The van der Waals surface area contributed by atoms with Crippen molar-refractivity contribution in [3.05, 3.63) is 59.2 Å². The molecule has 1 aliphatic heterocycles. The molecule has 0 aliphatic carbocycles. The second-order valence-corrected chi connectivity index (χ2v) is 7.95. The van der Waals surface area contributed by atoms with E-state index in [4.69, 9.17) is 18.9 Å². The summed E-state index contributed by atoms with van der Waals surface area (Å²) in [4.78, 5) is 27.7. The van der Waals surface area contributed by atoms with Crippen molar-refractivity contribution < 1.29 is 33.6 Å². The molecule has 1 aliphatic rings. The third kappa shape index (κ3) is 5.02. The quantitative estimate of drug-likeness (QED) is 0.320. The Hall–Kier alpha value is -3.52. The fourth-order valence-corrected chi connectivity index (χ4v) is 3.98. The van der Waals surface area contributed by atoms with E-state index in [1.54, 1.807) is 42.5 Å². The number of Topliss-reactive ketones (excluding diaryl/α,β-unsaturated/α-hetero) is 1. The normalized spacial score (nSPS) is 17.4. The Bertz CT molecular complexity index is 1040. The molecule has 8 nitrogen and oxygen atoms in total. The average molecular weight is 470 g/mol. The third-order valence-electron chi connectivity index (χ3n) is 5.49. The van der Waals surface area contributed by atoms with E-state index in [1.807, 2.05) is 20.8 Å². The van der Waals surface area contributed by atoms with Gasteiger partial charge in [-0.05, 0) is 50.6 Å². The molecule has 0 spiro atoms. The van der Waals surface area contributed by atoms with Gasteiger partial charge in [0, 0.05) is 6.54 Å². The Labute approximate surface area is 199 Å². The van der Waals surface area contributed by atoms with Crippen molar-refractivity contribution in [1.29, 1.82) is 0 Å². The van der Waals surface area contributed by atoms with Gasteiger partial charge in [-0.15, -0.1) is 0 Å². The fraction of sp³-hybridized carbons (Fsp3) is 0.385. The molecule has 182 valence electrons. The first-order chi connectivity index (χ1) is 16.3. The van der Waals surface area contributed by atoms with Crippen molar-refractivity contribution in [2.75, 3.05) is 34.0 Å². The van der Waals surface area contributed by atoms with Gasteiger partial charge in [0.1, 0.15) is 28.6 Å². The maximum atomic E-state index is 13.2. The molecule has 0 saturated carbocycles. The van der Waals surface area contributed by atoms with E-state index in [0.29, 0.717) is 29.4 Å². The highest BCUT2D eigenvalue weighted by molar-refractivity contribution is 6.46. The number of ketones is 1. The van der Waals surface area contributed by atoms with Crippen LogP contribution in [0.4, 0.5) is 0 Å². The number of ether oxygens (including phenoxy) is 4. The molecule has 1 unspecified atom stereocenters. The van der Waals surface area contributed by atoms with Crippen LogP contribution in [-0.4, -0.2) is 61.8 Å². The SMILES string of the molecule is CCOc1ccc(C2/C(=C(\O)c3c(OC)cccc3OC)C(=O)C(=O)N2CCOC(C)C)cc1. The molecule has 1 saturated heterocycles. The van der Waals surface area contributed by atoms with Crippen LogP contribution < -0.4 is 14.2 Å². The summed E-state index contributed by atoms with van der Waals surface area (Å²) < 4.78 is 22.0. The van der Waals surface area contributed by atoms with Gasteiger partial charge in [0.05, 0.1) is 45.2 Å². The smallest absolute Gasteiger partial charge is 0.295 e. The predicted molar refractivity (Wildman–Crippen MR) is 127 cm³/mol. The summed E-state index contributed by atoms with van der Waals surface area (Å²) in [5, 5.41) is 11.4. The summed E-state index contributed by atoms with van der Waals surface area (Å²) in [6.45, 7) is 6.62. The number of amides is 1. The molecule has 34 heavy (non-hydrogen) atoms. The molecule has 0 bridgehead atoms. The Kier molecular flexibility index (Phi) is 8.17. The Morgan fingerprint density at radius 3 is 2.18 bits per heavy atom. The number of hydrogen-bond donors (Lipinski definition) is 1. The molecule has 1 atom stereocenters. The van der Waals surface area contributed by atoms with E-state index in [1.165, 1.54) is 19.1 Å². The highest BCUT2D eigenvalue weighted by Gasteiger charge is 2.46. The van der Waals surface area contributed by atoms with Crippen LogP contribution in [0.15, 0.2) is 48.0 Å². The third-order valence-corrected chi connectivity index (χ3v) is 5.49. The lowest BCUT2D eigenvalue weighted by molar-refractivity contribution is -0.140. The Morgan fingerprint density at radius 1 is 1.03 bits per heavy atom. The van der Waals surface area contributed by atoms with Crippen molar-refractivity contribution in [3.8, 4) is 17.2 Å². The molecule has 0 radical (unpaired) electrons. The monoisotopic (exact) mass is 469 g/mol. The largest absolute Gasteiger partial charge is 0.506 e. The van der Waals surface area contributed by atoms with Crippen LogP contribution in [0.1, 0.15) is 37.9 Å². The number of carbonyl (C=O) groups is 2. The van der Waals surface area contributed by atoms with E-state index in [2.05, 4.69) is 0 Å². The Balaban J connectivity index is 2.17. The number of aliphatic hydroxyl groups excluding tert-OH is 1. The van der Waals surface area contributed by atoms with Gasteiger partial charge in [-0.25, -0.2) is 0 Å². The van der Waals surface area contributed by atoms with Gasteiger partial charge in [-0.3, -0.25) is 9.59 Å². The van der Waals surface area contributed by atoms with Crippen LogP contribution >= 0.6 is 0 Å². The number of benzene rings is 2. The number of nitrogens with zero attached hydrogens (tertiary/aromatic N) is 1. The predicted octanol–water partition coefficient (Wildman–Crippen LogP) is 3.95. The first-order valence-electron chi connectivity index (χ1n) is 11.2. The number of aliphatic hydroxyl groups is 1. The fourth-order valence-electron chi connectivity index (χ4n) is 3.98. The highest BCUT2D eigenvalue weighted by Crippen LogP contribution is 2.43.